The first-order chi connectivity index (χ1) is 12.2. The van der Waals surface area contributed by atoms with Gasteiger partial charge < -0.3 is 18.7 Å². The van der Waals surface area contributed by atoms with Gasteiger partial charge in [-0.15, -0.1) is 11.7 Å². The van der Waals surface area contributed by atoms with Gasteiger partial charge in [-0.2, -0.15) is 4.68 Å². The molecule has 7 nitrogen and oxygen atoms in total. The fourth-order valence-corrected chi connectivity index (χ4v) is 2.33. The van der Waals surface area contributed by atoms with E-state index in [1.807, 2.05) is 24.3 Å². The second-order valence-electron chi connectivity index (χ2n) is 5.40. The van der Waals surface area contributed by atoms with E-state index in [4.69, 9.17) is 13.6 Å². The van der Waals surface area contributed by atoms with Crippen LogP contribution in [0.2, 0.25) is 0 Å². The van der Waals surface area contributed by atoms with Crippen LogP contribution in [-0.4, -0.2) is 27.6 Å². The van der Waals surface area contributed by atoms with Crippen molar-refractivity contribution in [1.82, 2.24) is 9.78 Å². The van der Waals surface area contributed by atoms with Crippen LogP contribution in [0.1, 0.15) is 5.56 Å². The van der Waals surface area contributed by atoms with Crippen molar-refractivity contribution in [2.75, 3.05) is 6.61 Å². The maximum Gasteiger partial charge on any atom is 0.437 e. The summed E-state index contributed by atoms with van der Waals surface area (Å²) >= 11 is 0. The Bertz CT molecular complexity index is 879. The minimum atomic E-state index is -0.927. The molecule has 0 radical (unpaired) electrons. The number of ether oxygens (including phenoxy) is 1. The second-order valence-corrected chi connectivity index (χ2v) is 5.40. The van der Waals surface area contributed by atoms with E-state index in [-0.39, 0.29) is 19.0 Å². The normalized spacial score (nSPS) is 12.0. The first-order valence-electron chi connectivity index (χ1n) is 7.79. The Hall–Kier alpha value is -3.06. The molecule has 0 aliphatic heterocycles. The third-order valence-electron chi connectivity index (χ3n) is 3.49. The number of furan rings is 1. The molecule has 1 aromatic carbocycles. The predicted octanol–water partition coefficient (Wildman–Crippen LogP) is 2.26. The molecule has 0 unspecified atom stereocenters. The lowest BCUT2D eigenvalue weighted by atomic mass is 10.1. The van der Waals surface area contributed by atoms with E-state index in [9.17, 15) is 9.90 Å². The minimum absolute atomic E-state index is 0.0174. The summed E-state index contributed by atoms with van der Waals surface area (Å²) in [5.41, 5.74) is 0.975. The van der Waals surface area contributed by atoms with Gasteiger partial charge in [-0.1, -0.05) is 24.3 Å². The van der Waals surface area contributed by atoms with Gasteiger partial charge in [0.1, 0.15) is 18.5 Å². The topological polar surface area (TPSA) is 90.6 Å². The van der Waals surface area contributed by atoms with Crippen LogP contribution >= 0.6 is 0 Å². The lowest BCUT2D eigenvalue weighted by molar-refractivity contribution is 0.0871. The minimum Gasteiger partial charge on any atom is -0.491 e. The third-order valence-corrected chi connectivity index (χ3v) is 3.49. The van der Waals surface area contributed by atoms with E-state index < -0.39 is 11.9 Å². The summed E-state index contributed by atoms with van der Waals surface area (Å²) in [6.45, 7) is 3.68. The number of hydrogen-bond donors (Lipinski definition) is 1. The number of aliphatic hydroxyl groups is 1. The van der Waals surface area contributed by atoms with Crippen LogP contribution < -0.4 is 10.5 Å². The van der Waals surface area contributed by atoms with Crippen LogP contribution in [0.4, 0.5) is 0 Å². The number of benzene rings is 1. The van der Waals surface area contributed by atoms with Crippen molar-refractivity contribution in [3.63, 3.8) is 0 Å². The molecule has 0 saturated carbocycles. The maximum absolute atomic E-state index is 11.8. The molecule has 0 amide bonds. The lowest BCUT2D eigenvalue weighted by Gasteiger charge is -2.14. The van der Waals surface area contributed by atoms with Gasteiger partial charge in [-0.3, -0.25) is 0 Å². The molecule has 0 spiro atoms. The van der Waals surface area contributed by atoms with Crippen LogP contribution in [0.5, 0.6) is 5.75 Å². The first-order valence-corrected chi connectivity index (χ1v) is 7.79. The number of aliphatic hydroxyl groups excluding tert-OH is 1. The highest BCUT2D eigenvalue weighted by molar-refractivity contribution is 5.42. The standard InChI is InChI=1S/C18H18N2O5/c1-2-6-13-7-3-4-8-15(13)24-12-14(21)11-20-18(22)25-17(19-20)16-9-5-10-23-16/h2-5,7-10,14,21H,1,6,11-12H2/t14-/m1/s1. The van der Waals surface area contributed by atoms with Crippen LogP contribution in [0.15, 0.2) is 68.9 Å². The fraction of sp³-hybridized carbons (Fsp3) is 0.222. The van der Waals surface area contributed by atoms with Gasteiger partial charge in [0.2, 0.25) is 0 Å². The molecular weight excluding hydrogens is 324 g/mol. The van der Waals surface area contributed by atoms with Crippen molar-refractivity contribution in [3.8, 4) is 17.4 Å². The Morgan fingerprint density at radius 2 is 2.16 bits per heavy atom. The Morgan fingerprint density at radius 3 is 2.92 bits per heavy atom. The van der Waals surface area contributed by atoms with E-state index in [0.717, 1.165) is 10.2 Å². The van der Waals surface area contributed by atoms with E-state index >= 15 is 0 Å². The van der Waals surface area contributed by atoms with Gasteiger partial charge in [0.15, 0.2) is 5.76 Å². The van der Waals surface area contributed by atoms with Crippen LogP contribution in [-0.2, 0) is 13.0 Å². The quantitative estimate of drug-likeness (QED) is 0.632. The molecule has 0 aliphatic rings. The fourth-order valence-electron chi connectivity index (χ4n) is 2.33. The zero-order valence-corrected chi connectivity index (χ0v) is 13.5. The molecule has 2 aromatic heterocycles. The van der Waals surface area contributed by atoms with Gasteiger partial charge in [0.05, 0.1) is 12.8 Å². The molecule has 1 atom stereocenters. The highest BCUT2D eigenvalue weighted by Crippen LogP contribution is 2.19. The predicted molar refractivity (Wildman–Crippen MR) is 90.3 cm³/mol. The molecule has 7 heteroatoms. The van der Waals surface area contributed by atoms with Crippen molar-refractivity contribution in [2.45, 2.75) is 19.1 Å². The number of aromatic nitrogens is 2. The first kappa shape index (κ1) is 16.8. The molecule has 25 heavy (non-hydrogen) atoms. The van der Waals surface area contributed by atoms with Crippen LogP contribution in [0.25, 0.3) is 11.7 Å². The number of hydrogen-bond acceptors (Lipinski definition) is 6. The third kappa shape index (κ3) is 4.07. The average molecular weight is 342 g/mol. The summed E-state index contributed by atoms with van der Waals surface area (Å²) < 4.78 is 16.8. The van der Waals surface area contributed by atoms with E-state index in [1.165, 1.54) is 6.26 Å². The Balaban J connectivity index is 1.63. The van der Waals surface area contributed by atoms with E-state index in [1.54, 1.807) is 18.2 Å². The van der Waals surface area contributed by atoms with Gasteiger partial charge in [-0.25, -0.2) is 4.79 Å². The summed E-state index contributed by atoms with van der Waals surface area (Å²) in [5, 5.41) is 14.1. The monoisotopic (exact) mass is 342 g/mol. The highest BCUT2D eigenvalue weighted by Gasteiger charge is 2.16. The number of rotatable bonds is 8. The second kappa shape index (κ2) is 7.67. The van der Waals surface area contributed by atoms with E-state index in [2.05, 4.69) is 11.7 Å². The lowest BCUT2D eigenvalue weighted by Crippen LogP contribution is -2.29. The van der Waals surface area contributed by atoms with Gasteiger partial charge in [0, 0.05) is 0 Å². The number of allylic oxidation sites excluding steroid dienone is 1. The van der Waals surface area contributed by atoms with Crippen molar-refractivity contribution < 1.29 is 18.7 Å². The largest absolute Gasteiger partial charge is 0.491 e. The molecule has 0 fully saturated rings. The summed E-state index contributed by atoms with van der Waals surface area (Å²) in [6, 6.07) is 10.8. The molecule has 3 aromatic rings. The van der Waals surface area contributed by atoms with Crippen LogP contribution in [0.3, 0.4) is 0 Å². The molecule has 0 aliphatic carbocycles. The average Bonchev–Trinajstić information content (AvgIpc) is 3.25. The van der Waals surface area contributed by atoms with Gasteiger partial charge >= 0.3 is 5.76 Å². The van der Waals surface area contributed by atoms with Crippen molar-refractivity contribution >= 4 is 0 Å². The zero-order valence-electron chi connectivity index (χ0n) is 13.5. The molecule has 0 bridgehead atoms. The molecule has 130 valence electrons. The summed E-state index contributed by atoms with van der Waals surface area (Å²) in [4.78, 5) is 11.8. The summed E-state index contributed by atoms with van der Waals surface area (Å²) in [7, 11) is 0. The zero-order chi connectivity index (χ0) is 17.6. The van der Waals surface area contributed by atoms with Crippen LogP contribution in [0, 0.1) is 0 Å². The highest BCUT2D eigenvalue weighted by atomic mass is 16.5. The molecule has 0 saturated heterocycles. The summed E-state index contributed by atoms with van der Waals surface area (Å²) in [6.07, 6.45) is 2.98. The molecular formula is C18H18N2O5. The van der Waals surface area contributed by atoms with E-state index in [0.29, 0.717) is 17.9 Å². The van der Waals surface area contributed by atoms with Gasteiger partial charge in [0.25, 0.3) is 5.89 Å². The van der Waals surface area contributed by atoms with Crippen molar-refractivity contribution in [1.29, 1.82) is 0 Å². The molecule has 2 heterocycles. The van der Waals surface area contributed by atoms with Crippen molar-refractivity contribution in [3.05, 3.63) is 71.4 Å². The Labute approximate surface area is 143 Å². The Morgan fingerprint density at radius 1 is 1.32 bits per heavy atom. The maximum atomic E-state index is 11.8. The van der Waals surface area contributed by atoms with Gasteiger partial charge in [-0.05, 0) is 30.2 Å². The molecule has 1 N–H and O–H groups in total. The SMILES string of the molecule is C=CCc1ccccc1OC[C@H](O)Cn1nc(-c2ccco2)oc1=O. The number of nitrogens with zero attached hydrogens (tertiary/aromatic N) is 2. The smallest absolute Gasteiger partial charge is 0.437 e. The van der Waals surface area contributed by atoms with Crippen molar-refractivity contribution in [2.24, 2.45) is 0 Å². The Kier molecular flexibility index (Phi) is 5.15. The summed E-state index contributed by atoms with van der Waals surface area (Å²) in [5.74, 6) is 0.419. The molecule has 3 rings (SSSR count). The number of para-hydroxylation sites is 1.